The van der Waals surface area contributed by atoms with Gasteiger partial charge in [0, 0.05) is 18.3 Å². The average Bonchev–Trinajstić information content (AvgIpc) is 2.81. The average molecular weight is 417 g/mol. The summed E-state index contributed by atoms with van der Waals surface area (Å²) in [4.78, 5) is 16.6. The molecule has 1 fully saturated rings. The third kappa shape index (κ3) is 6.07. The van der Waals surface area contributed by atoms with Crippen LogP contribution in [0.1, 0.15) is 31.2 Å². The highest BCUT2D eigenvalue weighted by molar-refractivity contribution is 5.77. The Bertz CT molecular complexity index is 964. The predicted molar refractivity (Wildman–Crippen MR) is 121 cm³/mol. The van der Waals surface area contributed by atoms with E-state index in [2.05, 4.69) is 22.4 Å². The predicted octanol–water partition coefficient (Wildman–Crippen LogP) is 4.94. The second-order valence-corrected chi connectivity index (χ2v) is 8.01. The van der Waals surface area contributed by atoms with Crippen LogP contribution in [0.4, 0.5) is 0 Å². The molecule has 1 N–H and O–H groups in total. The molecular formula is C26H28N2O3. The molecule has 1 amide bonds. The molecule has 160 valence electrons. The lowest BCUT2D eigenvalue weighted by Crippen LogP contribution is -2.41. The zero-order valence-corrected chi connectivity index (χ0v) is 17.8. The number of hydrogen-bond donors (Lipinski definition) is 1. The third-order valence-electron chi connectivity index (χ3n) is 5.54. The van der Waals surface area contributed by atoms with E-state index in [-0.39, 0.29) is 24.7 Å². The Hall–Kier alpha value is -3.34. The number of carbonyl (C=O) groups excluding carboxylic acids is 1. The number of aromatic nitrogens is 1. The zero-order valence-electron chi connectivity index (χ0n) is 17.8. The lowest BCUT2D eigenvalue weighted by atomic mass is 9.93. The molecule has 1 aliphatic rings. The van der Waals surface area contributed by atoms with Crippen molar-refractivity contribution in [3.05, 3.63) is 78.5 Å². The van der Waals surface area contributed by atoms with Gasteiger partial charge in [-0.15, -0.1) is 0 Å². The van der Waals surface area contributed by atoms with Crippen molar-refractivity contribution in [1.29, 1.82) is 0 Å². The van der Waals surface area contributed by atoms with Gasteiger partial charge in [0.05, 0.1) is 0 Å². The summed E-state index contributed by atoms with van der Waals surface area (Å²) < 4.78 is 11.6. The monoisotopic (exact) mass is 416 g/mol. The van der Waals surface area contributed by atoms with Crippen molar-refractivity contribution in [2.75, 3.05) is 6.61 Å². The van der Waals surface area contributed by atoms with Crippen molar-refractivity contribution in [2.24, 2.45) is 0 Å². The standard InChI is InChI=1S/C26H28N2O3/c1-19-7-16-26(27-17-19)31-24-14-10-22(11-15-24)28-25(29)18-30-23-12-8-21(9-13-23)20-5-3-2-4-6-20/h2-9,12-13,16-17,22,24H,10-11,14-15,18H2,1H3,(H,28,29). The van der Waals surface area contributed by atoms with Gasteiger partial charge in [-0.25, -0.2) is 4.98 Å². The molecule has 5 nitrogen and oxygen atoms in total. The molecule has 31 heavy (non-hydrogen) atoms. The molecule has 0 aliphatic heterocycles. The van der Waals surface area contributed by atoms with E-state index in [0.29, 0.717) is 11.6 Å². The number of carbonyl (C=O) groups is 1. The number of nitrogens with zero attached hydrogens (tertiary/aromatic N) is 1. The zero-order chi connectivity index (χ0) is 21.5. The van der Waals surface area contributed by atoms with Gasteiger partial charge >= 0.3 is 0 Å². The molecule has 5 heteroatoms. The van der Waals surface area contributed by atoms with Crippen LogP contribution < -0.4 is 14.8 Å². The van der Waals surface area contributed by atoms with E-state index >= 15 is 0 Å². The highest BCUT2D eigenvalue weighted by Crippen LogP contribution is 2.24. The van der Waals surface area contributed by atoms with Gasteiger partial charge in [-0.05, 0) is 61.4 Å². The van der Waals surface area contributed by atoms with Crippen molar-refractivity contribution in [3.8, 4) is 22.8 Å². The molecule has 0 radical (unpaired) electrons. The van der Waals surface area contributed by atoms with Gasteiger partial charge in [-0.3, -0.25) is 4.79 Å². The number of ether oxygens (including phenoxy) is 2. The summed E-state index contributed by atoms with van der Waals surface area (Å²) in [6.07, 6.45) is 5.58. The van der Waals surface area contributed by atoms with Crippen LogP contribution >= 0.6 is 0 Å². The van der Waals surface area contributed by atoms with E-state index < -0.39 is 0 Å². The van der Waals surface area contributed by atoms with E-state index in [1.807, 2.05) is 67.7 Å². The second-order valence-electron chi connectivity index (χ2n) is 8.01. The van der Waals surface area contributed by atoms with Gasteiger partial charge < -0.3 is 14.8 Å². The SMILES string of the molecule is Cc1ccc(OC2CCC(NC(=O)COc3ccc(-c4ccccc4)cc3)CC2)nc1. The van der Waals surface area contributed by atoms with E-state index in [4.69, 9.17) is 9.47 Å². The number of amides is 1. The molecule has 2 aromatic carbocycles. The van der Waals surface area contributed by atoms with Crippen LogP contribution in [0.15, 0.2) is 72.9 Å². The normalized spacial score (nSPS) is 18.2. The Kier molecular flexibility index (Phi) is 6.82. The molecule has 3 aromatic rings. The summed E-state index contributed by atoms with van der Waals surface area (Å²) in [5.74, 6) is 1.28. The van der Waals surface area contributed by atoms with Gasteiger partial charge in [0.15, 0.2) is 6.61 Å². The molecule has 0 atom stereocenters. The first kappa shape index (κ1) is 20.9. The van der Waals surface area contributed by atoms with Gasteiger partial charge in [0.25, 0.3) is 5.91 Å². The molecule has 0 spiro atoms. The molecule has 4 rings (SSSR count). The van der Waals surface area contributed by atoms with E-state index in [9.17, 15) is 4.79 Å². The van der Waals surface area contributed by atoms with Crippen molar-refractivity contribution in [1.82, 2.24) is 10.3 Å². The highest BCUT2D eigenvalue weighted by atomic mass is 16.5. The Morgan fingerprint density at radius 2 is 1.65 bits per heavy atom. The van der Waals surface area contributed by atoms with E-state index in [0.717, 1.165) is 42.4 Å². The molecule has 0 unspecified atom stereocenters. The first-order valence-electron chi connectivity index (χ1n) is 10.8. The summed E-state index contributed by atoms with van der Waals surface area (Å²) in [7, 11) is 0. The lowest BCUT2D eigenvalue weighted by molar-refractivity contribution is -0.124. The van der Waals surface area contributed by atoms with Crippen molar-refractivity contribution in [2.45, 2.75) is 44.8 Å². The highest BCUT2D eigenvalue weighted by Gasteiger charge is 2.24. The summed E-state index contributed by atoms with van der Waals surface area (Å²) in [5, 5.41) is 3.08. The minimum absolute atomic E-state index is 0.0222. The maximum absolute atomic E-state index is 12.3. The van der Waals surface area contributed by atoms with Crippen LogP contribution in [-0.2, 0) is 4.79 Å². The second kappa shape index (κ2) is 10.1. The van der Waals surface area contributed by atoms with Crippen LogP contribution in [-0.4, -0.2) is 29.6 Å². The minimum atomic E-state index is -0.0864. The van der Waals surface area contributed by atoms with Gasteiger partial charge in [-0.2, -0.15) is 0 Å². The van der Waals surface area contributed by atoms with Crippen LogP contribution in [0.5, 0.6) is 11.6 Å². The Balaban J connectivity index is 1.18. The number of aryl methyl sites for hydroxylation is 1. The van der Waals surface area contributed by atoms with Crippen LogP contribution in [0.25, 0.3) is 11.1 Å². The maximum Gasteiger partial charge on any atom is 0.258 e. The fourth-order valence-electron chi connectivity index (χ4n) is 3.81. The number of rotatable bonds is 7. The first-order valence-corrected chi connectivity index (χ1v) is 10.8. The smallest absolute Gasteiger partial charge is 0.258 e. The van der Waals surface area contributed by atoms with Crippen molar-refractivity contribution < 1.29 is 14.3 Å². The minimum Gasteiger partial charge on any atom is -0.484 e. The number of benzene rings is 2. The lowest BCUT2D eigenvalue weighted by Gasteiger charge is -2.29. The third-order valence-corrected chi connectivity index (χ3v) is 5.54. The van der Waals surface area contributed by atoms with Crippen LogP contribution in [0, 0.1) is 6.92 Å². The van der Waals surface area contributed by atoms with E-state index in [1.54, 1.807) is 0 Å². The first-order chi connectivity index (χ1) is 15.2. The summed E-state index contributed by atoms with van der Waals surface area (Å²) >= 11 is 0. The van der Waals surface area contributed by atoms with Gasteiger partial charge in [-0.1, -0.05) is 48.5 Å². The number of pyridine rings is 1. The number of hydrogen-bond acceptors (Lipinski definition) is 4. The van der Waals surface area contributed by atoms with Crippen LogP contribution in [0.2, 0.25) is 0 Å². The Morgan fingerprint density at radius 1 is 0.935 bits per heavy atom. The molecule has 1 aromatic heterocycles. The molecule has 1 heterocycles. The maximum atomic E-state index is 12.3. The Labute approximate surface area is 183 Å². The quantitative estimate of drug-likeness (QED) is 0.592. The van der Waals surface area contributed by atoms with Crippen molar-refractivity contribution in [3.63, 3.8) is 0 Å². The summed E-state index contributed by atoms with van der Waals surface area (Å²) in [6.45, 7) is 2.03. The molecule has 0 bridgehead atoms. The summed E-state index contributed by atoms with van der Waals surface area (Å²) in [6, 6.07) is 22.1. The largest absolute Gasteiger partial charge is 0.484 e. The topological polar surface area (TPSA) is 60.5 Å². The van der Waals surface area contributed by atoms with E-state index in [1.165, 1.54) is 0 Å². The van der Waals surface area contributed by atoms with Crippen molar-refractivity contribution >= 4 is 5.91 Å². The molecule has 0 saturated heterocycles. The number of nitrogens with one attached hydrogen (secondary N) is 1. The van der Waals surface area contributed by atoms with Crippen LogP contribution in [0.3, 0.4) is 0 Å². The fraction of sp³-hybridized carbons (Fsp3) is 0.308. The summed E-state index contributed by atoms with van der Waals surface area (Å²) in [5.41, 5.74) is 3.40. The Morgan fingerprint density at radius 3 is 2.32 bits per heavy atom. The fourth-order valence-corrected chi connectivity index (χ4v) is 3.81. The molecule has 1 saturated carbocycles. The molecule has 1 aliphatic carbocycles. The van der Waals surface area contributed by atoms with Gasteiger partial charge in [0.2, 0.25) is 5.88 Å². The molecular weight excluding hydrogens is 388 g/mol. The van der Waals surface area contributed by atoms with Gasteiger partial charge in [0.1, 0.15) is 11.9 Å².